The average molecular weight is 414 g/mol. The Morgan fingerprint density at radius 1 is 0.783 bits per heavy atom. The van der Waals surface area contributed by atoms with Crippen LogP contribution < -0.4 is 4.74 Å². The van der Waals surface area contributed by atoms with Crippen molar-refractivity contribution in [3.8, 4) is 28.0 Å². The lowest BCUT2D eigenvalue weighted by Gasteiger charge is -2.18. The third-order valence-corrected chi connectivity index (χ3v) is 4.27. The molecule has 0 saturated heterocycles. The van der Waals surface area contributed by atoms with E-state index in [1.54, 1.807) is 0 Å². The third kappa shape index (κ3) is 3.58. The number of alkyl halides is 1. The molecule has 0 aliphatic carbocycles. The summed E-state index contributed by atoms with van der Waals surface area (Å²) < 4.78 is 7.10. The van der Waals surface area contributed by atoms with Crippen LogP contribution in [0.3, 0.4) is 0 Å². The summed E-state index contributed by atoms with van der Waals surface area (Å²) in [6.07, 6.45) is 0. The highest BCUT2D eigenvalue weighted by Gasteiger charge is 2.15. The van der Waals surface area contributed by atoms with E-state index in [1.165, 1.54) is 27.8 Å². The summed E-state index contributed by atoms with van der Waals surface area (Å²) in [6.45, 7) is 2.84. The summed E-state index contributed by atoms with van der Waals surface area (Å²) in [4.78, 5) is 0. The van der Waals surface area contributed by atoms with E-state index in [1.807, 2.05) is 12.1 Å². The molecular formula is C21H19IO. The first-order valence-corrected chi connectivity index (χ1v) is 9.27. The summed E-state index contributed by atoms with van der Waals surface area (Å²) >= 11 is 2.35. The zero-order valence-electron chi connectivity index (χ0n) is 13.1. The van der Waals surface area contributed by atoms with Crippen LogP contribution in [0.1, 0.15) is 5.56 Å². The molecule has 0 atom stereocenters. The number of benzene rings is 3. The number of ether oxygens (including phenoxy) is 1. The molecule has 0 bridgehead atoms. The van der Waals surface area contributed by atoms with E-state index in [0.717, 1.165) is 16.8 Å². The van der Waals surface area contributed by atoms with Gasteiger partial charge in [0.25, 0.3) is 0 Å². The van der Waals surface area contributed by atoms with E-state index < -0.39 is 0 Å². The van der Waals surface area contributed by atoms with Crippen molar-refractivity contribution in [3.05, 3.63) is 78.4 Å². The van der Waals surface area contributed by atoms with Crippen molar-refractivity contribution in [1.29, 1.82) is 0 Å². The van der Waals surface area contributed by atoms with Crippen molar-refractivity contribution < 1.29 is 4.74 Å². The lowest BCUT2D eigenvalue weighted by atomic mass is 9.92. The Hall–Kier alpha value is -1.81. The summed E-state index contributed by atoms with van der Waals surface area (Å²) in [7, 11) is 0. The van der Waals surface area contributed by atoms with Gasteiger partial charge in [0.15, 0.2) is 0 Å². The molecule has 0 heterocycles. The third-order valence-electron chi connectivity index (χ3n) is 3.83. The Morgan fingerprint density at radius 3 is 2.00 bits per heavy atom. The monoisotopic (exact) mass is 414 g/mol. The molecule has 0 N–H and O–H groups in total. The van der Waals surface area contributed by atoms with Crippen LogP contribution in [0.4, 0.5) is 0 Å². The molecule has 116 valence electrons. The molecular weight excluding hydrogens is 395 g/mol. The van der Waals surface area contributed by atoms with Gasteiger partial charge in [-0.1, -0.05) is 95.4 Å². The molecule has 0 radical (unpaired) electrons. The second kappa shape index (κ2) is 7.64. The highest BCUT2D eigenvalue weighted by atomic mass is 127. The van der Waals surface area contributed by atoms with Crippen LogP contribution >= 0.6 is 22.6 Å². The minimum atomic E-state index is 0.722. The minimum absolute atomic E-state index is 0.722. The molecule has 0 amide bonds. The van der Waals surface area contributed by atoms with Crippen molar-refractivity contribution in [2.24, 2.45) is 0 Å². The minimum Gasteiger partial charge on any atom is -0.492 e. The summed E-state index contributed by atoms with van der Waals surface area (Å²) in [5.74, 6) is 0.995. The van der Waals surface area contributed by atoms with Gasteiger partial charge in [-0.05, 0) is 29.2 Å². The molecule has 0 spiro atoms. The van der Waals surface area contributed by atoms with E-state index in [4.69, 9.17) is 4.74 Å². The van der Waals surface area contributed by atoms with Gasteiger partial charge in [0, 0.05) is 9.99 Å². The lowest BCUT2D eigenvalue weighted by molar-refractivity contribution is 0.345. The average Bonchev–Trinajstić information content (AvgIpc) is 2.62. The first-order chi connectivity index (χ1) is 11.3. The first-order valence-electron chi connectivity index (χ1n) is 7.74. The van der Waals surface area contributed by atoms with Gasteiger partial charge in [0.05, 0.1) is 6.61 Å². The smallest absolute Gasteiger partial charge is 0.130 e. The van der Waals surface area contributed by atoms with E-state index >= 15 is 0 Å². The Kier molecular flexibility index (Phi) is 5.34. The SMILES string of the molecule is Cc1ccc(-c2ccccc2)c(-c2ccccc2)c1OCCI. The van der Waals surface area contributed by atoms with Gasteiger partial charge >= 0.3 is 0 Å². The lowest BCUT2D eigenvalue weighted by Crippen LogP contribution is -2.02. The Labute approximate surface area is 151 Å². The Bertz CT molecular complexity index is 767. The molecule has 0 unspecified atom stereocenters. The quantitative estimate of drug-likeness (QED) is 0.360. The fourth-order valence-corrected chi connectivity index (χ4v) is 2.98. The maximum Gasteiger partial charge on any atom is 0.130 e. The molecule has 3 aromatic carbocycles. The number of rotatable bonds is 5. The molecule has 23 heavy (non-hydrogen) atoms. The second-order valence-corrected chi connectivity index (χ2v) is 6.48. The van der Waals surface area contributed by atoms with Crippen molar-refractivity contribution in [2.45, 2.75) is 6.92 Å². The highest BCUT2D eigenvalue weighted by Crippen LogP contribution is 2.41. The van der Waals surface area contributed by atoms with Crippen LogP contribution in [0.15, 0.2) is 72.8 Å². The Balaban J connectivity index is 2.24. The molecule has 0 aliphatic heterocycles. The van der Waals surface area contributed by atoms with Gasteiger partial charge < -0.3 is 4.74 Å². The van der Waals surface area contributed by atoms with Crippen molar-refractivity contribution >= 4 is 22.6 Å². The van der Waals surface area contributed by atoms with Crippen LogP contribution in [0.2, 0.25) is 0 Å². The normalized spacial score (nSPS) is 10.5. The van der Waals surface area contributed by atoms with Crippen molar-refractivity contribution in [1.82, 2.24) is 0 Å². The van der Waals surface area contributed by atoms with Gasteiger partial charge in [-0.2, -0.15) is 0 Å². The summed E-state index contributed by atoms with van der Waals surface area (Å²) in [5.41, 5.74) is 5.98. The maximum atomic E-state index is 6.13. The van der Waals surface area contributed by atoms with E-state index in [9.17, 15) is 0 Å². The van der Waals surface area contributed by atoms with Crippen LogP contribution in [0, 0.1) is 6.92 Å². The molecule has 0 aromatic heterocycles. The molecule has 2 heteroatoms. The molecule has 0 aliphatic rings. The van der Waals surface area contributed by atoms with E-state index in [2.05, 4.69) is 90.2 Å². The Morgan fingerprint density at radius 2 is 1.39 bits per heavy atom. The molecule has 0 saturated carbocycles. The fourth-order valence-electron chi connectivity index (χ4n) is 2.76. The van der Waals surface area contributed by atoms with Crippen LogP contribution in [0.25, 0.3) is 22.3 Å². The van der Waals surface area contributed by atoms with Crippen LogP contribution in [-0.4, -0.2) is 11.0 Å². The molecule has 3 aromatic rings. The number of halogens is 1. The largest absolute Gasteiger partial charge is 0.492 e. The fraction of sp³-hybridized carbons (Fsp3) is 0.143. The number of aryl methyl sites for hydroxylation is 1. The predicted octanol–water partition coefficient (Wildman–Crippen LogP) is 6.14. The molecule has 3 rings (SSSR count). The van der Waals surface area contributed by atoms with Crippen LogP contribution in [-0.2, 0) is 0 Å². The first kappa shape index (κ1) is 16.1. The van der Waals surface area contributed by atoms with Gasteiger partial charge in [-0.25, -0.2) is 0 Å². The van der Waals surface area contributed by atoms with Gasteiger partial charge in [0.1, 0.15) is 5.75 Å². The van der Waals surface area contributed by atoms with Gasteiger partial charge in [0.2, 0.25) is 0 Å². The zero-order valence-corrected chi connectivity index (χ0v) is 15.3. The van der Waals surface area contributed by atoms with E-state index in [-0.39, 0.29) is 0 Å². The summed E-state index contributed by atoms with van der Waals surface area (Å²) in [5, 5.41) is 0. The van der Waals surface area contributed by atoms with Crippen molar-refractivity contribution in [3.63, 3.8) is 0 Å². The second-order valence-electron chi connectivity index (χ2n) is 5.40. The predicted molar refractivity (Wildman–Crippen MR) is 106 cm³/mol. The summed E-state index contributed by atoms with van der Waals surface area (Å²) in [6, 6.07) is 25.4. The van der Waals surface area contributed by atoms with Crippen LogP contribution in [0.5, 0.6) is 5.75 Å². The van der Waals surface area contributed by atoms with Crippen molar-refractivity contribution in [2.75, 3.05) is 11.0 Å². The number of hydrogen-bond acceptors (Lipinski definition) is 1. The maximum absolute atomic E-state index is 6.13. The molecule has 0 fully saturated rings. The van der Waals surface area contributed by atoms with E-state index in [0.29, 0.717) is 0 Å². The van der Waals surface area contributed by atoms with Gasteiger partial charge in [-0.15, -0.1) is 0 Å². The standard InChI is InChI=1S/C21H19IO/c1-16-12-13-19(17-8-4-2-5-9-17)20(21(16)23-15-14-22)18-10-6-3-7-11-18/h2-13H,14-15H2,1H3. The molecule has 1 nitrogen and oxygen atoms in total. The zero-order chi connectivity index (χ0) is 16.1. The highest BCUT2D eigenvalue weighted by molar-refractivity contribution is 14.1. The number of hydrogen-bond donors (Lipinski definition) is 0. The topological polar surface area (TPSA) is 9.23 Å². The van der Waals surface area contributed by atoms with Gasteiger partial charge in [-0.3, -0.25) is 0 Å².